The van der Waals surface area contributed by atoms with Gasteiger partial charge in [0.15, 0.2) is 0 Å². The summed E-state index contributed by atoms with van der Waals surface area (Å²) in [6, 6.07) is 42.9. The van der Waals surface area contributed by atoms with Gasteiger partial charge < -0.3 is 24.4 Å². The predicted molar refractivity (Wildman–Crippen MR) is 187 cm³/mol. The Morgan fingerprint density at radius 1 is 0.617 bits per heavy atom. The molecule has 0 N–H and O–H groups in total. The van der Waals surface area contributed by atoms with E-state index in [1.54, 1.807) is 12.4 Å². The first kappa shape index (κ1) is 28.2. The number of benzene rings is 5. The summed E-state index contributed by atoms with van der Waals surface area (Å²) >= 11 is 0. The van der Waals surface area contributed by atoms with Gasteiger partial charge in [-0.25, -0.2) is 9.97 Å². The Labute approximate surface area is 289 Å². The summed E-state index contributed by atoms with van der Waals surface area (Å²) < 4.78 is 0. The van der Waals surface area contributed by atoms with Crippen molar-refractivity contribution >= 4 is 63.5 Å². The molecule has 4 aliphatic heterocycles. The first-order valence-corrected chi connectivity index (χ1v) is 15.5. The Morgan fingerprint density at radius 2 is 1.17 bits per heavy atom. The Morgan fingerprint density at radius 3 is 1.85 bits per heavy atom. The molecule has 0 bridgehead atoms. The summed E-state index contributed by atoms with van der Waals surface area (Å²) in [6.07, 6.45) is 3.48. The molecule has 230 valence electrons. The molecule has 0 saturated heterocycles. The van der Waals surface area contributed by atoms with Gasteiger partial charge in [0.25, 0.3) is 6.85 Å². The van der Waals surface area contributed by atoms with Crippen molar-refractivity contribution in [2.45, 2.75) is 0 Å². The standard InChI is InChI=1S/C38H27BN7.Pt/c1-42-23-44(36-14-8-7-13-35(36)42)25-15-17-27-29-9-3-5-11-33(29)46-34-12-6-4-10-30(34)28-18-16-26(22-32(28)39(46)31(27)21-25)45-24-43(2)37-38(45)41-20-19-40-37;/h3-20,24H,23H2,1-2H3;/q-3;. The van der Waals surface area contributed by atoms with E-state index in [1.165, 1.54) is 45.0 Å². The summed E-state index contributed by atoms with van der Waals surface area (Å²) in [5.41, 5.74) is 13.9. The van der Waals surface area contributed by atoms with Gasteiger partial charge in [-0.1, -0.05) is 65.3 Å². The van der Waals surface area contributed by atoms with Crippen LogP contribution in [0.25, 0.3) is 22.3 Å². The summed E-state index contributed by atoms with van der Waals surface area (Å²) in [5.74, 6) is 1.63. The summed E-state index contributed by atoms with van der Waals surface area (Å²) in [5, 5.41) is 0. The molecule has 10 rings (SSSR count). The van der Waals surface area contributed by atoms with Gasteiger partial charge in [0.1, 0.15) is 11.6 Å². The van der Waals surface area contributed by atoms with Crippen LogP contribution in [0.5, 0.6) is 0 Å². The first-order chi connectivity index (χ1) is 22.7. The Balaban J connectivity index is 0.00000302. The van der Waals surface area contributed by atoms with Gasteiger partial charge in [0.2, 0.25) is 0 Å². The maximum Gasteiger partial charge on any atom is 0.278 e. The van der Waals surface area contributed by atoms with Crippen LogP contribution in [0.15, 0.2) is 109 Å². The molecule has 0 amide bonds. The fourth-order valence-electron chi connectivity index (χ4n) is 7.62. The molecular formula is C38H27BN7Pt-3. The molecule has 0 fully saturated rings. The van der Waals surface area contributed by atoms with Gasteiger partial charge in [-0.3, -0.25) is 0 Å². The van der Waals surface area contributed by atoms with E-state index < -0.39 is 0 Å². The van der Waals surface area contributed by atoms with Crippen molar-refractivity contribution in [1.29, 1.82) is 0 Å². The van der Waals surface area contributed by atoms with Crippen molar-refractivity contribution in [2.75, 3.05) is 45.2 Å². The maximum atomic E-state index is 4.69. The third-order valence-corrected chi connectivity index (χ3v) is 9.63. The molecule has 5 heterocycles. The van der Waals surface area contributed by atoms with Crippen LogP contribution in [0.3, 0.4) is 0 Å². The number of aromatic nitrogens is 2. The van der Waals surface area contributed by atoms with E-state index in [0.29, 0.717) is 0 Å². The van der Waals surface area contributed by atoms with Crippen molar-refractivity contribution in [3.05, 3.63) is 128 Å². The van der Waals surface area contributed by atoms with E-state index in [4.69, 9.17) is 0 Å². The van der Waals surface area contributed by atoms with Crippen LogP contribution in [-0.4, -0.2) is 37.6 Å². The molecule has 47 heavy (non-hydrogen) atoms. The Bertz CT molecular complexity index is 2070. The zero-order valence-electron chi connectivity index (χ0n) is 25.7. The molecule has 5 aromatic carbocycles. The van der Waals surface area contributed by atoms with Crippen molar-refractivity contribution in [1.82, 2.24) is 9.97 Å². The third kappa shape index (κ3) is 3.98. The number of anilines is 8. The van der Waals surface area contributed by atoms with Gasteiger partial charge in [-0.2, -0.15) is 35.2 Å². The average molecular weight is 788 g/mol. The molecular weight excluding hydrogens is 760 g/mol. The minimum Gasteiger partial charge on any atom is -0.487 e. The number of hydrogen-bond acceptors (Lipinski definition) is 7. The van der Waals surface area contributed by atoms with Gasteiger partial charge in [0, 0.05) is 51.9 Å². The molecule has 0 radical (unpaired) electrons. The third-order valence-electron chi connectivity index (χ3n) is 9.63. The van der Waals surface area contributed by atoms with E-state index in [-0.39, 0.29) is 27.9 Å². The zero-order chi connectivity index (χ0) is 30.5. The SMILES string of the molecule is CN1[CH-]N(c2[c-]c3c(cc2)-c2ccccc2N2B3c3[c-]c(N4CN(C)c5ccccc54)ccc3-c3ccccc32)c2nccnc21.[Pt]. The van der Waals surface area contributed by atoms with Crippen LogP contribution in [0.1, 0.15) is 0 Å². The molecule has 9 heteroatoms. The monoisotopic (exact) mass is 787 g/mol. The number of fused-ring (bicyclic) bond motifs is 13. The van der Waals surface area contributed by atoms with Crippen LogP contribution < -0.4 is 35.3 Å². The Hall–Kier alpha value is -5.07. The van der Waals surface area contributed by atoms with Crippen LogP contribution >= 0.6 is 0 Å². The fraction of sp³-hybridized carbons (Fsp3) is 0.0789. The van der Waals surface area contributed by atoms with E-state index in [9.17, 15) is 0 Å². The van der Waals surface area contributed by atoms with Crippen molar-refractivity contribution in [3.8, 4) is 22.3 Å². The summed E-state index contributed by atoms with van der Waals surface area (Å²) in [6.45, 7) is 2.67. The molecule has 1 aromatic heterocycles. The minimum absolute atomic E-state index is 0. The number of nitrogens with zero attached hydrogens (tertiary/aromatic N) is 7. The van der Waals surface area contributed by atoms with Gasteiger partial charge in [0.05, 0.1) is 18.0 Å². The first-order valence-electron chi connectivity index (χ1n) is 15.5. The van der Waals surface area contributed by atoms with E-state index in [1.807, 2.05) is 18.6 Å². The number of para-hydroxylation sites is 4. The number of rotatable bonds is 2. The molecule has 0 unspecified atom stereocenters. The normalized spacial score (nSPS) is 14.9. The van der Waals surface area contributed by atoms with E-state index in [2.05, 4.69) is 146 Å². The fourth-order valence-corrected chi connectivity index (χ4v) is 7.62. The zero-order valence-corrected chi connectivity index (χ0v) is 28.0. The largest absolute Gasteiger partial charge is 0.487 e. The minimum atomic E-state index is -0.132. The molecule has 0 aliphatic carbocycles. The average Bonchev–Trinajstić information content (AvgIpc) is 3.64. The molecule has 6 aromatic rings. The van der Waals surface area contributed by atoms with Crippen molar-refractivity contribution < 1.29 is 21.1 Å². The predicted octanol–water partition coefficient (Wildman–Crippen LogP) is 6.23. The molecule has 7 nitrogen and oxygen atoms in total. The van der Waals surface area contributed by atoms with Gasteiger partial charge in [-0.05, 0) is 31.3 Å². The maximum absolute atomic E-state index is 4.69. The van der Waals surface area contributed by atoms with Gasteiger partial charge >= 0.3 is 0 Å². The second kappa shape index (κ2) is 10.5. The topological polar surface area (TPSA) is 42.0 Å². The molecule has 0 atom stereocenters. The van der Waals surface area contributed by atoms with Crippen molar-refractivity contribution in [2.24, 2.45) is 0 Å². The van der Waals surface area contributed by atoms with Crippen molar-refractivity contribution in [3.63, 3.8) is 0 Å². The Kier molecular flexibility index (Phi) is 6.28. The van der Waals surface area contributed by atoms with E-state index >= 15 is 0 Å². The van der Waals surface area contributed by atoms with Crippen LogP contribution in [-0.2, 0) is 21.1 Å². The van der Waals surface area contributed by atoms with Crippen LogP contribution in [0.2, 0.25) is 0 Å². The van der Waals surface area contributed by atoms with Crippen LogP contribution in [0.4, 0.5) is 45.8 Å². The van der Waals surface area contributed by atoms with Crippen LogP contribution in [0, 0.1) is 18.8 Å². The molecule has 4 aliphatic rings. The second-order valence-corrected chi connectivity index (χ2v) is 12.2. The molecule has 0 spiro atoms. The summed E-state index contributed by atoms with van der Waals surface area (Å²) in [7, 11) is 4.15. The smallest absolute Gasteiger partial charge is 0.278 e. The van der Waals surface area contributed by atoms with E-state index in [0.717, 1.165) is 40.6 Å². The summed E-state index contributed by atoms with van der Waals surface area (Å²) in [4.78, 5) is 20.5. The molecule has 0 saturated carbocycles. The van der Waals surface area contributed by atoms with Gasteiger partial charge in [-0.15, -0.1) is 35.6 Å². The quantitative estimate of drug-likeness (QED) is 0.152. The number of hydrogen-bond donors (Lipinski definition) is 0. The second-order valence-electron chi connectivity index (χ2n) is 12.2.